The molecule has 12 heteroatoms. The minimum atomic E-state index is -3.83. The van der Waals surface area contributed by atoms with E-state index < -0.39 is 21.4 Å². The molecule has 0 amide bonds. The van der Waals surface area contributed by atoms with E-state index in [1.165, 1.54) is 8.99 Å². The number of aromatic nitrogens is 3. The van der Waals surface area contributed by atoms with Gasteiger partial charge in [-0.05, 0) is 43.7 Å². The van der Waals surface area contributed by atoms with E-state index in [-0.39, 0.29) is 29.2 Å². The van der Waals surface area contributed by atoms with Crippen molar-refractivity contribution in [1.29, 1.82) is 0 Å². The molecule has 0 radical (unpaired) electrons. The number of nitrogens with zero attached hydrogens (tertiary/aromatic N) is 4. The Hall–Kier alpha value is -2.08. The van der Waals surface area contributed by atoms with E-state index in [4.69, 9.17) is 16.3 Å². The van der Waals surface area contributed by atoms with Crippen LogP contribution >= 0.6 is 11.6 Å². The number of piperidine rings is 1. The third-order valence-electron chi connectivity index (χ3n) is 5.85. The van der Waals surface area contributed by atoms with Gasteiger partial charge in [0.1, 0.15) is 10.8 Å². The number of pyridine rings is 1. The van der Waals surface area contributed by atoms with Crippen LogP contribution in [0.25, 0.3) is 0 Å². The third-order valence-corrected chi connectivity index (χ3v) is 8.03. The van der Waals surface area contributed by atoms with Gasteiger partial charge in [0.15, 0.2) is 5.03 Å². The summed E-state index contributed by atoms with van der Waals surface area (Å²) in [6, 6.07) is 1.94. The maximum Gasteiger partial charge on any atom is 0.287 e. The van der Waals surface area contributed by atoms with E-state index in [2.05, 4.69) is 15.4 Å². The highest BCUT2D eigenvalue weighted by Gasteiger charge is 2.32. The fourth-order valence-corrected chi connectivity index (χ4v) is 5.61. The first kappa shape index (κ1) is 23.1. The Morgan fingerprint density at radius 2 is 2.00 bits per heavy atom. The number of ether oxygens (including phenoxy) is 1. The Labute approximate surface area is 190 Å². The van der Waals surface area contributed by atoms with Gasteiger partial charge in [-0.15, -0.1) is 0 Å². The lowest BCUT2D eigenvalue weighted by Crippen LogP contribution is -2.41. The van der Waals surface area contributed by atoms with Crippen LogP contribution in [0.2, 0.25) is 5.02 Å². The molecule has 0 spiro atoms. The van der Waals surface area contributed by atoms with Crippen LogP contribution in [0.1, 0.15) is 31.7 Å². The molecule has 1 atom stereocenters. The molecule has 0 bridgehead atoms. The van der Waals surface area contributed by atoms with Gasteiger partial charge >= 0.3 is 0 Å². The largest absolute Gasteiger partial charge is 0.382 e. The third kappa shape index (κ3) is 4.95. The van der Waals surface area contributed by atoms with E-state index in [0.717, 1.165) is 37.8 Å². The zero-order valence-corrected chi connectivity index (χ0v) is 19.0. The average Bonchev–Trinajstić information content (AvgIpc) is 2.81. The van der Waals surface area contributed by atoms with Gasteiger partial charge in [0.05, 0.1) is 30.7 Å². The van der Waals surface area contributed by atoms with Gasteiger partial charge in [-0.2, -0.15) is 9.40 Å². The summed E-state index contributed by atoms with van der Waals surface area (Å²) in [5, 5.41) is 7.35. The van der Waals surface area contributed by atoms with E-state index >= 15 is 0 Å². The number of sulfonamides is 1. The minimum absolute atomic E-state index is 0.0716. The second kappa shape index (κ2) is 9.82. The second-order valence-corrected chi connectivity index (χ2v) is 10.3. The van der Waals surface area contributed by atoms with Gasteiger partial charge in [-0.1, -0.05) is 11.6 Å². The summed E-state index contributed by atoms with van der Waals surface area (Å²) in [5.41, 5.74) is 0.0824. The predicted octanol–water partition coefficient (Wildman–Crippen LogP) is 2.30. The quantitative estimate of drug-likeness (QED) is 0.669. The lowest BCUT2D eigenvalue weighted by Gasteiger charge is -2.31. The topological polar surface area (TPSA) is 106 Å². The van der Waals surface area contributed by atoms with E-state index in [0.29, 0.717) is 37.6 Å². The molecule has 2 aromatic heterocycles. The number of halogens is 2. The molecule has 9 nitrogen and oxygen atoms in total. The van der Waals surface area contributed by atoms with Crippen LogP contribution in [0.5, 0.6) is 0 Å². The minimum Gasteiger partial charge on any atom is -0.382 e. The van der Waals surface area contributed by atoms with Crippen molar-refractivity contribution in [1.82, 2.24) is 19.1 Å². The van der Waals surface area contributed by atoms with Crippen LogP contribution in [0.4, 0.5) is 10.1 Å². The fraction of sp³-hybridized carbons (Fsp3) is 0.550. The lowest BCUT2D eigenvalue weighted by molar-refractivity contribution is 0.0595. The monoisotopic (exact) mass is 485 g/mol. The molecule has 0 aliphatic carbocycles. The number of rotatable bonds is 6. The van der Waals surface area contributed by atoms with Crippen molar-refractivity contribution < 1.29 is 17.5 Å². The van der Waals surface area contributed by atoms with Crippen LogP contribution in [0, 0.1) is 11.7 Å². The highest BCUT2D eigenvalue weighted by atomic mass is 35.5. The van der Waals surface area contributed by atoms with Crippen molar-refractivity contribution in [3.63, 3.8) is 0 Å². The summed E-state index contributed by atoms with van der Waals surface area (Å²) in [4.78, 5) is 16.5. The Kier molecular flexibility index (Phi) is 7.08. The van der Waals surface area contributed by atoms with Gasteiger partial charge in [0.2, 0.25) is 0 Å². The molecule has 1 N–H and O–H groups in total. The van der Waals surface area contributed by atoms with Gasteiger partial charge in [0, 0.05) is 26.2 Å². The van der Waals surface area contributed by atoms with Crippen LogP contribution < -0.4 is 10.9 Å². The molecule has 0 unspecified atom stereocenters. The molecular weight excluding hydrogens is 461 g/mol. The SMILES string of the molecule is O=c1c(Cl)c(NC[C@@H]2CCCOC2)cnn1C1CCN(S(=O)(=O)c2ccc(F)cn2)CC1. The van der Waals surface area contributed by atoms with Crippen molar-refractivity contribution in [2.75, 3.05) is 38.2 Å². The number of hydrogen-bond acceptors (Lipinski definition) is 7. The Balaban J connectivity index is 1.40. The van der Waals surface area contributed by atoms with Gasteiger partial charge in [0.25, 0.3) is 15.6 Å². The van der Waals surface area contributed by atoms with E-state index in [1.807, 2.05) is 0 Å². The molecule has 2 fully saturated rings. The molecule has 2 aliphatic heterocycles. The molecule has 4 rings (SSSR count). The number of anilines is 1. The molecule has 4 heterocycles. The zero-order valence-electron chi connectivity index (χ0n) is 17.4. The number of hydrogen-bond donors (Lipinski definition) is 1. The molecule has 32 heavy (non-hydrogen) atoms. The summed E-state index contributed by atoms with van der Waals surface area (Å²) in [6.45, 7) is 2.51. The van der Waals surface area contributed by atoms with Crippen LogP contribution in [0.3, 0.4) is 0 Å². The van der Waals surface area contributed by atoms with Gasteiger partial charge in [-0.25, -0.2) is 22.5 Å². The fourth-order valence-electron chi connectivity index (χ4n) is 4.03. The summed E-state index contributed by atoms with van der Waals surface area (Å²) in [7, 11) is -3.83. The van der Waals surface area contributed by atoms with Crippen molar-refractivity contribution in [2.24, 2.45) is 5.92 Å². The average molecular weight is 486 g/mol. The molecule has 2 aromatic rings. The molecule has 174 valence electrons. The zero-order chi connectivity index (χ0) is 22.7. The predicted molar refractivity (Wildman–Crippen MR) is 117 cm³/mol. The first-order valence-electron chi connectivity index (χ1n) is 10.6. The van der Waals surface area contributed by atoms with Crippen molar-refractivity contribution in [3.05, 3.63) is 45.7 Å². The summed E-state index contributed by atoms with van der Waals surface area (Å²) >= 11 is 6.32. The van der Waals surface area contributed by atoms with Crippen molar-refractivity contribution in [2.45, 2.75) is 36.8 Å². The summed E-state index contributed by atoms with van der Waals surface area (Å²) in [5.74, 6) is -0.237. The van der Waals surface area contributed by atoms with Gasteiger partial charge in [-0.3, -0.25) is 4.79 Å². The van der Waals surface area contributed by atoms with Crippen LogP contribution in [-0.4, -0.2) is 60.3 Å². The Bertz CT molecular complexity index is 1100. The van der Waals surface area contributed by atoms with Crippen LogP contribution in [-0.2, 0) is 14.8 Å². The number of nitrogens with one attached hydrogen (secondary N) is 1. The highest BCUT2D eigenvalue weighted by Crippen LogP contribution is 2.26. The second-order valence-electron chi connectivity index (χ2n) is 8.04. The van der Waals surface area contributed by atoms with Crippen molar-refractivity contribution in [3.8, 4) is 0 Å². The van der Waals surface area contributed by atoms with Crippen LogP contribution in [0.15, 0.2) is 34.3 Å². The first-order chi connectivity index (χ1) is 15.4. The summed E-state index contributed by atoms with van der Waals surface area (Å²) < 4.78 is 46.6. The molecule has 0 saturated carbocycles. The smallest absolute Gasteiger partial charge is 0.287 e. The highest BCUT2D eigenvalue weighted by molar-refractivity contribution is 7.89. The maximum absolute atomic E-state index is 13.1. The summed E-state index contributed by atoms with van der Waals surface area (Å²) in [6.07, 6.45) is 5.29. The molecule has 2 saturated heterocycles. The first-order valence-corrected chi connectivity index (χ1v) is 12.4. The molecular formula is C20H25ClFN5O4S. The lowest BCUT2D eigenvalue weighted by atomic mass is 10.0. The molecule has 2 aliphatic rings. The Morgan fingerprint density at radius 1 is 1.22 bits per heavy atom. The van der Waals surface area contributed by atoms with E-state index in [1.54, 1.807) is 6.20 Å². The standard InChI is InChI=1S/C20H25ClFN5O4S/c21-19-17(23-10-14-2-1-9-31-13-14)12-25-27(20(19)28)16-5-7-26(8-6-16)32(29,30)18-4-3-15(22)11-24-18/h3-4,11-12,14,16,23H,1-2,5-10,13H2/t14-/m0/s1. The van der Waals surface area contributed by atoms with E-state index in [9.17, 15) is 17.6 Å². The molecule has 0 aromatic carbocycles. The normalized spacial score (nSPS) is 20.9. The van der Waals surface area contributed by atoms with Gasteiger partial charge < -0.3 is 10.1 Å². The maximum atomic E-state index is 13.1. The van der Waals surface area contributed by atoms with Crippen molar-refractivity contribution >= 4 is 27.3 Å². The Morgan fingerprint density at radius 3 is 2.66 bits per heavy atom.